The molecule has 2 aromatic carbocycles. The van der Waals surface area contributed by atoms with Crippen LogP contribution in [0.2, 0.25) is 0 Å². The summed E-state index contributed by atoms with van der Waals surface area (Å²) in [6, 6.07) is 13.7. The molecular weight excluding hydrogens is 458 g/mol. The summed E-state index contributed by atoms with van der Waals surface area (Å²) in [5, 5.41) is 11.2. The second kappa shape index (κ2) is 8.86. The molecule has 2 aromatic rings. The number of carbonyl (C=O) groups is 2. The number of benzene rings is 2. The van der Waals surface area contributed by atoms with Crippen LogP contribution in [0.25, 0.3) is 6.08 Å². The second-order valence-electron chi connectivity index (χ2n) is 5.79. The summed E-state index contributed by atoms with van der Waals surface area (Å²) < 4.78 is 11.4. The van der Waals surface area contributed by atoms with Gasteiger partial charge in [0.25, 0.3) is 11.8 Å². The Morgan fingerprint density at radius 3 is 2.59 bits per heavy atom. The number of amides is 2. The Balaban J connectivity index is 1.96. The molecule has 0 aliphatic carbocycles. The molecule has 0 atom stereocenters. The van der Waals surface area contributed by atoms with Crippen molar-refractivity contribution in [3.05, 3.63) is 58.1 Å². The van der Waals surface area contributed by atoms with E-state index in [9.17, 15) is 9.59 Å². The number of nitrogens with zero attached hydrogens (tertiary/aromatic N) is 2. The molecule has 0 bridgehead atoms. The largest absolute Gasteiger partial charge is 0.493 e. The molecule has 1 fully saturated rings. The van der Waals surface area contributed by atoms with Crippen LogP contribution >= 0.6 is 28.1 Å². The summed E-state index contributed by atoms with van der Waals surface area (Å²) in [5.74, 6) is -0.367. The summed E-state index contributed by atoms with van der Waals surface area (Å²) in [6.45, 7) is -0.128. The van der Waals surface area contributed by atoms with Crippen LogP contribution in [0.5, 0.6) is 11.5 Å². The van der Waals surface area contributed by atoms with Crippen LogP contribution in [0.3, 0.4) is 0 Å². The van der Waals surface area contributed by atoms with E-state index < -0.39 is 11.8 Å². The zero-order valence-corrected chi connectivity index (χ0v) is 17.5. The molecular formula is C20H14BrN3O4S. The molecule has 29 heavy (non-hydrogen) atoms. The minimum atomic E-state index is -0.586. The van der Waals surface area contributed by atoms with Crippen molar-refractivity contribution < 1.29 is 19.1 Å². The predicted molar refractivity (Wildman–Crippen MR) is 114 cm³/mol. The van der Waals surface area contributed by atoms with Crippen LogP contribution in [-0.2, 0) is 9.59 Å². The van der Waals surface area contributed by atoms with Crippen LogP contribution in [0.15, 0.2) is 52.5 Å². The minimum absolute atomic E-state index is 0.0114. The summed E-state index contributed by atoms with van der Waals surface area (Å²) in [5.41, 5.74) is 1.01. The van der Waals surface area contributed by atoms with E-state index in [1.54, 1.807) is 42.5 Å². The van der Waals surface area contributed by atoms with Gasteiger partial charge in [-0.3, -0.25) is 19.8 Å². The topological polar surface area (TPSA) is 91.7 Å². The monoisotopic (exact) mass is 471 g/mol. The molecule has 1 aliphatic heterocycles. The Kier molecular flexibility index (Phi) is 6.26. The Bertz CT molecular complexity index is 1060. The zero-order valence-electron chi connectivity index (χ0n) is 15.1. The first kappa shape index (κ1) is 20.5. The number of halogens is 1. The summed E-state index contributed by atoms with van der Waals surface area (Å²) in [4.78, 5) is 26.7. The van der Waals surface area contributed by atoms with Crippen LogP contribution in [0.1, 0.15) is 5.56 Å². The first-order valence-electron chi connectivity index (χ1n) is 8.29. The number of hydrogen-bond acceptors (Lipinski definition) is 6. The first-order chi connectivity index (χ1) is 13.9. The minimum Gasteiger partial charge on any atom is -0.493 e. The molecule has 3 rings (SSSR count). The molecule has 1 heterocycles. The first-order valence-corrected chi connectivity index (χ1v) is 9.49. The molecule has 7 nitrogen and oxygen atoms in total. The molecule has 1 N–H and O–H groups in total. The van der Waals surface area contributed by atoms with Gasteiger partial charge in [0.05, 0.1) is 12.8 Å². The highest BCUT2D eigenvalue weighted by Crippen LogP contribution is 2.30. The third-order valence-corrected chi connectivity index (χ3v) is 4.79. The Labute approximate surface area is 180 Å². The van der Waals surface area contributed by atoms with Crippen LogP contribution < -0.4 is 19.7 Å². The van der Waals surface area contributed by atoms with Crippen LogP contribution in [0, 0.1) is 11.3 Å². The van der Waals surface area contributed by atoms with E-state index in [0.717, 1.165) is 4.47 Å². The van der Waals surface area contributed by atoms with Gasteiger partial charge in [-0.2, -0.15) is 5.26 Å². The zero-order chi connectivity index (χ0) is 21.0. The van der Waals surface area contributed by atoms with Gasteiger partial charge in [-0.05, 0) is 60.3 Å². The van der Waals surface area contributed by atoms with Gasteiger partial charge in [-0.25, -0.2) is 0 Å². The van der Waals surface area contributed by atoms with Crippen molar-refractivity contribution in [2.75, 3.05) is 18.6 Å². The number of carbonyl (C=O) groups excluding carboxylic acids is 2. The molecule has 0 aromatic heterocycles. The normalized spacial score (nSPS) is 15.1. The number of ether oxygens (including phenoxy) is 2. The second-order valence-corrected chi connectivity index (χ2v) is 7.09. The van der Waals surface area contributed by atoms with Gasteiger partial charge in [-0.15, -0.1) is 0 Å². The molecule has 146 valence electrons. The lowest BCUT2D eigenvalue weighted by molar-refractivity contribution is -0.122. The average molecular weight is 472 g/mol. The van der Waals surface area contributed by atoms with Crippen molar-refractivity contribution in [2.24, 2.45) is 0 Å². The van der Waals surface area contributed by atoms with Gasteiger partial charge in [0.15, 0.2) is 23.2 Å². The maximum Gasteiger partial charge on any atom is 0.270 e. The Morgan fingerprint density at radius 2 is 1.93 bits per heavy atom. The molecule has 2 amide bonds. The van der Waals surface area contributed by atoms with Gasteiger partial charge < -0.3 is 9.47 Å². The fraction of sp³-hybridized carbons (Fsp3) is 0.100. The maximum atomic E-state index is 13.0. The van der Waals surface area contributed by atoms with Crippen molar-refractivity contribution in [3.8, 4) is 17.6 Å². The lowest BCUT2D eigenvalue weighted by Crippen LogP contribution is -2.54. The molecule has 0 radical (unpaired) electrons. The molecule has 1 saturated heterocycles. The molecule has 0 unspecified atom stereocenters. The van der Waals surface area contributed by atoms with Crippen LogP contribution in [-0.4, -0.2) is 30.6 Å². The van der Waals surface area contributed by atoms with E-state index in [1.807, 2.05) is 6.07 Å². The highest BCUT2D eigenvalue weighted by Gasteiger charge is 2.34. The number of rotatable bonds is 5. The maximum absolute atomic E-state index is 13.0. The lowest BCUT2D eigenvalue weighted by Gasteiger charge is -2.29. The van der Waals surface area contributed by atoms with Crippen molar-refractivity contribution in [2.45, 2.75) is 0 Å². The van der Waals surface area contributed by atoms with Crippen molar-refractivity contribution >= 4 is 56.8 Å². The van der Waals surface area contributed by atoms with E-state index >= 15 is 0 Å². The highest BCUT2D eigenvalue weighted by atomic mass is 79.9. The molecule has 1 aliphatic rings. The van der Waals surface area contributed by atoms with Gasteiger partial charge in [0.1, 0.15) is 11.6 Å². The summed E-state index contributed by atoms with van der Waals surface area (Å²) >= 11 is 8.53. The van der Waals surface area contributed by atoms with E-state index in [-0.39, 0.29) is 17.3 Å². The van der Waals surface area contributed by atoms with Crippen molar-refractivity contribution in [3.63, 3.8) is 0 Å². The highest BCUT2D eigenvalue weighted by molar-refractivity contribution is 9.10. The van der Waals surface area contributed by atoms with Crippen molar-refractivity contribution in [1.29, 1.82) is 5.26 Å². The van der Waals surface area contributed by atoms with E-state index in [1.165, 1.54) is 18.1 Å². The van der Waals surface area contributed by atoms with Gasteiger partial charge in [0, 0.05) is 4.47 Å². The number of thiocarbonyl (C=S) groups is 1. The predicted octanol–water partition coefficient (Wildman–Crippen LogP) is 3.19. The fourth-order valence-corrected chi connectivity index (χ4v) is 3.20. The van der Waals surface area contributed by atoms with E-state index in [4.69, 9.17) is 27.0 Å². The standard InChI is InChI=1S/C20H14BrN3O4S/c1-27-17-11-12(2-7-16(17)28-9-8-22)10-15-18(25)23-20(29)24(19(15)26)14-5-3-13(21)4-6-14/h2-7,10-11H,9H2,1H3,(H,23,25,29)/b15-10+. The van der Waals surface area contributed by atoms with Gasteiger partial charge in [-0.1, -0.05) is 22.0 Å². The van der Waals surface area contributed by atoms with Gasteiger partial charge in [0.2, 0.25) is 0 Å². The Hall–Kier alpha value is -3.22. The number of anilines is 1. The smallest absolute Gasteiger partial charge is 0.270 e. The molecule has 0 spiro atoms. The summed E-state index contributed by atoms with van der Waals surface area (Å²) in [7, 11) is 1.46. The van der Waals surface area contributed by atoms with E-state index in [2.05, 4.69) is 21.2 Å². The Morgan fingerprint density at radius 1 is 1.21 bits per heavy atom. The summed E-state index contributed by atoms with van der Waals surface area (Å²) in [6.07, 6.45) is 1.45. The third-order valence-electron chi connectivity index (χ3n) is 3.98. The number of methoxy groups -OCH3 is 1. The average Bonchev–Trinajstić information content (AvgIpc) is 2.71. The molecule has 9 heteroatoms. The van der Waals surface area contributed by atoms with Gasteiger partial charge >= 0.3 is 0 Å². The van der Waals surface area contributed by atoms with Crippen molar-refractivity contribution in [1.82, 2.24) is 5.32 Å². The number of nitriles is 1. The number of hydrogen-bond donors (Lipinski definition) is 1. The van der Waals surface area contributed by atoms with Crippen LogP contribution in [0.4, 0.5) is 5.69 Å². The number of nitrogens with one attached hydrogen (secondary N) is 1. The quantitative estimate of drug-likeness (QED) is 0.409. The SMILES string of the molecule is COc1cc(/C=C2\C(=O)NC(=S)N(c3ccc(Br)cc3)C2=O)ccc1OCC#N. The lowest BCUT2D eigenvalue weighted by atomic mass is 10.1. The van der Waals surface area contributed by atoms with E-state index in [0.29, 0.717) is 22.7 Å². The fourth-order valence-electron chi connectivity index (χ4n) is 2.65. The third kappa shape index (κ3) is 4.45. The molecule has 0 saturated carbocycles.